The van der Waals surface area contributed by atoms with Crippen LogP contribution < -0.4 is 24.8 Å². The number of fused-ring (bicyclic) bond motifs is 5. The van der Waals surface area contributed by atoms with E-state index in [0.717, 1.165) is 54.3 Å². The van der Waals surface area contributed by atoms with Crippen molar-refractivity contribution in [2.75, 3.05) is 13.7 Å². The summed E-state index contributed by atoms with van der Waals surface area (Å²) in [7, 11) is -2.38. The highest BCUT2D eigenvalue weighted by Crippen LogP contribution is 2.51. The van der Waals surface area contributed by atoms with E-state index in [4.69, 9.17) is 14.5 Å². The van der Waals surface area contributed by atoms with Gasteiger partial charge in [-0.1, -0.05) is 31.4 Å². The summed E-state index contributed by atoms with van der Waals surface area (Å²) in [5, 5.41) is 16.0. The first-order chi connectivity index (χ1) is 25.8. The molecule has 3 saturated carbocycles. The van der Waals surface area contributed by atoms with Gasteiger partial charge in [-0.25, -0.2) is 18.2 Å². The maximum atomic E-state index is 14.6. The first kappa shape index (κ1) is 36.6. The lowest BCUT2D eigenvalue weighted by Crippen LogP contribution is -2.58. The number of pyridine rings is 1. The molecule has 6 aliphatic rings. The molecule has 0 radical (unpaired) electrons. The Balaban J connectivity index is 1.16. The molecule has 1 spiro atoms. The van der Waals surface area contributed by atoms with E-state index in [2.05, 4.69) is 15.4 Å². The van der Waals surface area contributed by atoms with Crippen LogP contribution in [0.25, 0.3) is 10.9 Å². The van der Waals surface area contributed by atoms with E-state index in [1.165, 1.54) is 4.90 Å². The van der Waals surface area contributed by atoms with Gasteiger partial charge in [-0.3, -0.25) is 19.1 Å². The van der Waals surface area contributed by atoms with Gasteiger partial charge in [0.15, 0.2) is 0 Å². The molecule has 1 saturated heterocycles. The Morgan fingerprint density at radius 2 is 1.87 bits per heavy atom. The monoisotopic (exact) mass is 763 g/mol. The molecule has 4 fully saturated rings. The summed E-state index contributed by atoms with van der Waals surface area (Å²) in [5.74, 6) is -0.792. The van der Waals surface area contributed by atoms with Gasteiger partial charge >= 0.3 is 6.09 Å². The molecule has 1 aromatic heterocycles. The number of amides is 4. The average Bonchev–Trinajstić information content (AvgIpc) is 4.00. The van der Waals surface area contributed by atoms with E-state index in [0.29, 0.717) is 50.0 Å². The van der Waals surface area contributed by atoms with Crippen molar-refractivity contribution in [3.63, 3.8) is 0 Å². The van der Waals surface area contributed by atoms with Crippen molar-refractivity contribution in [2.24, 2.45) is 5.92 Å². The first-order valence-corrected chi connectivity index (χ1v) is 20.8. The Morgan fingerprint density at radius 3 is 2.57 bits per heavy atom. The molecule has 3 aliphatic carbocycles. The number of allylic oxidation sites excluding steroid dienone is 1. The Labute approximate surface area is 314 Å². The molecule has 15 heteroatoms. The van der Waals surface area contributed by atoms with Gasteiger partial charge in [-0.05, 0) is 89.3 Å². The molecular weight excluding hydrogens is 715 g/mol. The number of hydrogen-bond donors (Lipinski definition) is 4. The molecule has 0 unspecified atom stereocenters. The number of benzene rings is 1. The van der Waals surface area contributed by atoms with Crippen molar-refractivity contribution >= 4 is 44.7 Å². The van der Waals surface area contributed by atoms with Crippen molar-refractivity contribution in [3.05, 3.63) is 41.6 Å². The number of aromatic nitrogens is 1. The van der Waals surface area contributed by atoms with E-state index >= 15 is 0 Å². The van der Waals surface area contributed by atoms with E-state index in [-0.39, 0.29) is 31.7 Å². The summed E-state index contributed by atoms with van der Waals surface area (Å²) in [6, 6.07) is 3.59. The molecule has 0 bridgehead atoms. The van der Waals surface area contributed by atoms with Crippen molar-refractivity contribution in [1.82, 2.24) is 25.2 Å². The van der Waals surface area contributed by atoms with Gasteiger partial charge in [0.2, 0.25) is 21.8 Å². The summed E-state index contributed by atoms with van der Waals surface area (Å²) >= 11 is 0. The second-order valence-electron chi connectivity index (χ2n) is 16.5. The van der Waals surface area contributed by atoms with Crippen LogP contribution in [0.5, 0.6) is 11.5 Å². The van der Waals surface area contributed by atoms with Crippen LogP contribution in [0.3, 0.4) is 0 Å². The summed E-state index contributed by atoms with van der Waals surface area (Å²) in [6.45, 7) is 1.62. The third-order valence-electron chi connectivity index (χ3n) is 12.8. The van der Waals surface area contributed by atoms with Gasteiger partial charge in [0.05, 0.1) is 29.6 Å². The molecule has 1 aromatic carbocycles. The second-order valence-corrected chi connectivity index (χ2v) is 18.7. The largest absolute Gasteiger partial charge is 0.497 e. The summed E-state index contributed by atoms with van der Waals surface area (Å²) < 4.78 is 40.2. The lowest BCUT2D eigenvalue weighted by Gasteiger charge is -2.39. The molecule has 14 nitrogen and oxygen atoms in total. The zero-order valence-corrected chi connectivity index (χ0v) is 31.6. The van der Waals surface area contributed by atoms with Gasteiger partial charge in [0.1, 0.15) is 34.7 Å². The molecule has 4 N–H and O–H groups in total. The Morgan fingerprint density at radius 1 is 1.07 bits per heavy atom. The van der Waals surface area contributed by atoms with Crippen LogP contribution in [0, 0.1) is 5.92 Å². The number of sulfonamides is 1. The molecule has 54 heavy (non-hydrogen) atoms. The van der Waals surface area contributed by atoms with E-state index in [9.17, 15) is 32.7 Å². The minimum atomic E-state index is -3.99. The predicted octanol–water partition coefficient (Wildman–Crippen LogP) is 4.21. The second kappa shape index (κ2) is 13.4. The fourth-order valence-electron chi connectivity index (χ4n) is 8.77. The number of ether oxygens (including phenoxy) is 2. The quantitative estimate of drug-likeness (QED) is 0.310. The highest BCUT2D eigenvalue weighted by Gasteiger charge is 2.64. The molecule has 8 rings (SSSR count). The molecule has 4 heterocycles. The molecule has 290 valence electrons. The summed E-state index contributed by atoms with van der Waals surface area (Å²) in [5.41, 5.74) is 0.202. The molecule has 4 amide bonds. The maximum Gasteiger partial charge on any atom is 0.405 e. The summed E-state index contributed by atoms with van der Waals surface area (Å²) in [6.07, 6.45) is 10.8. The molecule has 3 aliphatic heterocycles. The lowest BCUT2D eigenvalue weighted by atomic mass is 9.79. The van der Waals surface area contributed by atoms with Gasteiger partial charge in [-0.15, -0.1) is 0 Å². The standard InChI is InChI=1S/C39H49N5O9S/c1-37(17-18-37)54(50,51)43-35(47)39-20-24(39)11-6-4-3-5-7-12-29(41-36(48)49)34(46)44-22-38(21-30(44)33(45)42-39)16-15-26-27-19-25(52-2)13-14-28(27)40-31(32(26)53-38)23-9-8-10-23/h6,11,13-14,19,23-24,29-30,41H,3-5,7-10,12,15-18,20-22H2,1-2H3,(H,42,45)(H,43,47)(H,48,49)/b11-6-/t24-,29+,30+,38-,39-/m1/s1. The third kappa shape index (κ3) is 6.45. The number of hydrogen-bond acceptors (Lipinski definition) is 9. The van der Waals surface area contributed by atoms with Gasteiger partial charge in [0.25, 0.3) is 5.91 Å². The summed E-state index contributed by atoms with van der Waals surface area (Å²) in [4.78, 5) is 61.4. The van der Waals surface area contributed by atoms with Crippen LogP contribution in [0.2, 0.25) is 0 Å². The fourth-order valence-corrected chi connectivity index (χ4v) is 10.1. The highest BCUT2D eigenvalue weighted by atomic mass is 32.2. The third-order valence-corrected chi connectivity index (χ3v) is 15.0. The Hall–Kier alpha value is -4.40. The number of nitrogens with zero attached hydrogens (tertiary/aromatic N) is 2. The van der Waals surface area contributed by atoms with E-state index < -0.39 is 67.7 Å². The number of nitrogens with one attached hydrogen (secondary N) is 3. The lowest BCUT2D eigenvalue weighted by molar-refractivity contribution is -0.141. The number of carboxylic acid groups (broad SMARTS) is 1. The number of aryl methyl sites for hydroxylation is 1. The first-order valence-electron chi connectivity index (χ1n) is 19.3. The molecule has 5 atom stereocenters. The van der Waals surface area contributed by atoms with E-state index in [1.807, 2.05) is 30.4 Å². The average molecular weight is 764 g/mol. The fraction of sp³-hybridized carbons (Fsp3) is 0.615. The van der Waals surface area contributed by atoms with Crippen molar-refractivity contribution in [3.8, 4) is 11.5 Å². The minimum Gasteiger partial charge on any atom is -0.497 e. The van der Waals surface area contributed by atoms with E-state index in [1.54, 1.807) is 14.0 Å². The van der Waals surface area contributed by atoms with Crippen LogP contribution in [-0.4, -0.2) is 88.8 Å². The Bertz CT molecular complexity index is 2050. The predicted molar refractivity (Wildman–Crippen MR) is 198 cm³/mol. The van der Waals surface area contributed by atoms with Crippen LogP contribution in [0.15, 0.2) is 30.4 Å². The van der Waals surface area contributed by atoms with Gasteiger partial charge < -0.3 is 30.1 Å². The number of carbonyl (C=O) groups excluding carboxylic acids is 3. The van der Waals surface area contributed by atoms with Crippen molar-refractivity contribution in [2.45, 2.75) is 131 Å². The van der Waals surface area contributed by atoms with Crippen LogP contribution in [-0.2, 0) is 30.8 Å². The minimum absolute atomic E-state index is 0.0245. The van der Waals surface area contributed by atoms with Crippen molar-refractivity contribution in [1.29, 1.82) is 0 Å². The van der Waals surface area contributed by atoms with Crippen LogP contribution in [0.4, 0.5) is 4.79 Å². The number of methoxy groups -OCH3 is 1. The maximum absolute atomic E-state index is 14.6. The zero-order valence-electron chi connectivity index (χ0n) is 30.8. The van der Waals surface area contributed by atoms with Gasteiger partial charge in [-0.2, -0.15) is 0 Å². The van der Waals surface area contributed by atoms with Crippen LogP contribution in [0.1, 0.15) is 108 Å². The Kier molecular flexibility index (Phi) is 9.08. The highest BCUT2D eigenvalue weighted by molar-refractivity contribution is 7.91. The molecular formula is C39H49N5O9S. The van der Waals surface area contributed by atoms with Crippen LogP contribution >= 0.6 is 0 Å². The topological polar surface area (TPSA) is 193 Å². The number of rotatable bonds is 6. The number of carbonyl (C=O) groups is 4. The van der Waals surface area contributed by atoms with Crippen molar-refractivity contribution < 1.29 is 42.2 Å². The normalized spacial score (nSPS) is 31.3. The van der Waals surface area contributed by atoms with Gasteiger partial charge in [0, 0.05) is 29.2 Å². The smallest absolute Gasteiger partial charge is 0.405 e. The zero-order chi connectivity index (χ0) is 38.0. The molecule has 2 aromatic rings. The SMILES string of the molecule is COc1ccc2nc(C3CCC3)c3c(c2c1)CC[C@]1(C[C@H]2C(=O)N[C@]4(C(=O)NS(=O)(=O)C5(C)CC5)C[C@H]4/C=C\CCCCC[C@H](NC(=O)O)C(=O)N2C1)O3.